The van der Waals surface area contributed by atoms with E-state index in [-0.39, 0.29) is 24.5 Å². The highest BCUT2D eigenvalue weighted by Crippen LogP contribution is 2.36. The van der Waals surface area contributed by atoms with Gasteiger partial charge in [0.25, 0.3) is 0 Å². The van der Waals surface area contributed by atoms with Gasteiger partial charge in [0, 0.05) is 12.3 Å². The van der Waals surface area contributed by atoms with Gasteiger partial charge in [-0.05, 0) is 37.2 Å². The van der Waals surface area contributed by atoms with E-state index < -0.39 is 5.97 Å². The van der Waals surface area contributed by atoms with E-state index in [1.165, 1.54) is 5.56 Å². The first-order valence-corrected chi connectivity index (χ1v) is 6.96. The summed E-state index contributed by atoms with van der Waals surface area (Å²) in [7, 11) is 0. The molecule has 1 fully saturated rings. The van der Waals surface area contributed by atoms with Gasteiger partial charge in [-0.25, -0.2) is 0 Å². The summed E-state index contributed by atoms with van der Waals surface area (Å²) < 4.78 is 0. The molecule has 3 nitrogen and oxygen atoms in total. The van der Waals surface area contributed by atoms with Gasteiger partial charge in [0.2, 0.25) is 0 Å². The first-order chi connectivity index (χ1) is 9.16. The van der Waals surface area contributed by atoms with E-state index in [1.807, 2.05) is 6.07 Å². The molecule has 1 aromatic rings. The topological polar surface area (TPSA) is 54.4 Å². The van der Waals surface area contributed by atoms with Gasteiger partial charge in [0.1, 0.15) is 5.78 Å². The quantitative estimate of drug-likeness (QED) is 0.882. The SMILES string of the molecule is O=C(O)CCC(=O)[C@H]1CC[C@H](c2ccccc2)CC1. The minimum absolute atomic E-state index is 0.0303. The predicted molar refractivity (Wildman–Crippen MR) is 73.0 cm³/mol. The number of aliphatic carboxylic acids is 1. The Balaban J connectivity index is 1.82. The number of Topliss-reactive ketones (excluding diaryl/α,β-unsaturated/α-hetero) is 1. The summed E-state index contributed by atoms with van der Waals surface area (Å²) in [4.78, 5) is 22.4. The first-order valence-electron chi connectivity index (χ1n) is 6.96. The Hall–Kier alpha value is -1.64. The van der Waals surface area contributed by atoms with E-state index >= 15 is 0 Å². The summed E-state index contributed by atoms with van der Waals surface area (Å²) >= 11 is 0. The van der Waals surface area contributed by atoms with Crippen molar-refractivity contribution in [1.82, 2.24) is 0 Å². The highest BCUT2D eigenvalue weighted by molar-refractivity contribution is 5.84. The number of hydrogen-bond donors (Lipinski definition) is 1. The van der Waals surface area contributed by atoms with E-state index in [1.54, 1.807) is 0 Å². The molecule has 0 unspecified atom stereocenters. The number of rotatable bonds is 5. The van der Waals surface area contributed by atoms with Crippen molar-refractivity contribution < 1.29 is 14.7 Å². The summed E-state index contributed by atoms with van der Waals surface area (Å²) in [5.74, 6) is -0.107. The van der Waals surface area contributed by atoms with Gasteiger partial charge in [-0.3, -0.25) is 9.59 Å². The zero-order valence-corrected chi connectivity index (χ0v) is 11.0. The number of carboxylic acid groups (broad SMARTS) is 1. The van der Waals surface area contributed by atoms with Crippen LogP contribution in [0.15, 0.2) is 30.3 Å². The van der Waals surface area contributed by atoms with Crippen LogP contribution in [0.4, 0.5) is 0 Å². The van der Waals surface area contributed by atoms with Gasteiger partial charge in [0.05, 0.1) is 6.42 Å². The lowest BCUT2D eigenvalue weighted by molar-refractivity contribution is -0.139. The maximum atomic E-state index is 11.9. The van der Waals surface area contributed by atoms with Gasteiger partial charge in [-0.1, -0.05) is 30.3 Å². The molecule has 0 saturated heterocycles. The van der Waals surface area contributed by atoms with E-state index in [2.05, 4.69) is 24.3 Å². The fraction of sp³-hybridized carbons (Fsp3) is 0.500. The second-order valence-corrected chi connectivity index (χ2v) is 5.32. The molecule has 0 spiro atoms. The lowest BCUT2D eigenvalue weighted by atomic mass is 9.76. The highest BCUT2D eigenvalue weighted by Gasteiger charge is 2.26. The maximum Gasteiger partial charge on any atom is 0.303 e. The van der Waals surface area contributed by atoms with Crippen LogP contribution in [-0.4, -0.2) is 16.9 Å². The van der Waals surface area contributed by atoms with E-state index in [0.717, 1.165) is 25.7 Å². The molecule has 2 rings (SSSR count). The molecular weight excluding hydrogens is 240 g/mol. The van der Waals surface area contributed by atoms with E-state index in [4.69, 9.17) is 5.11 Å². The summed E-state index contributed by atoms with van der Waals surface area (Å²) in [5, 5.41) is 8.60. The van der Waals surface area contributed by atoms with Crippen molar-refractivity contribution in [3.05, 3.63) is 35.9 Å². The largest absolute Gasteiger partial charge is 0.481 e. The van der Waals surface area contributed by atoms with Crippen molar-refractivity contribution in [3.8, 4) is 0 Å². The molecule has 1 aliphatic rings. The van der Waals surface area contributed by atoms with Crippen molar-refractivity contribution in [3.63, 3.8) is 0 Å². The van der Waals surface area contributed by atoms with Crippen LogP contribution in [0.2, 0.25) is 0 Å². The number of ketones is 1. The number of carbonyl (C=O) groups is 2. The van der Waals surface area contributed by atoms with Crippen molar-refractivity contribution in [2.75, 3.05) is 0 Å². The summed E-state index contributed by atoms with van der Waals surface area (Å²) in [5.41, 5.74) is 1.36. The van der Waals surface area contributed by atoms with Crippen LogP contribution < -0.4 is 0 Å². The molecule has 102 valence electrons. The van der Waals surface area contributed by atoms with E-state index in [9.17, 15) is 9.59 Å². The normalized spacial score (nSPS) is 22.9. The molecule has 0 atom stereocenters. The summed E-state index contributed by atoms with van der Waals surface area (Å²) in [6, 6.07) is 10.4. The second kappa shape index (κ2) is 6.50. The Morgan fingerprint density at radius 3 is 2.21 bits per heavy atom. The molecule has 3 heteroatoms. The maximum absolute atomic E-state index is 11.9. The molecule has 0 aliphatic heterocycles. The van der Waals surface area contributed by atoms with Gasteiger partial charge < -0.3 is 5.11 Å². The third-order valence-corrected chi connectivity index (χ3v) is 4.04. The Morgan fingerprint density at radius 2 is 1.63 bits per heavy atom. The van der Waals surface area contributed by atoms with Crippen LogP contribution in [0.5, 0.6) is 0 Å². The average molecular weight is 260 g/mol. The standard InChI is InChI=1S/C16H20O3/c17-15(10-11-16(18)19)14-8-6-13(7-9-14)12-4-2-1-3-5-12/h1-5,13-14H,6-11H2,(H,18,19)/t13-,14-. The van der Waals surface area contributed by atoms with Crippen LogP contribution in [0.3, 0.4) is 0 Å². The second-order valence-electron chi connectivity index (χ2n) is 5.32. The highest BCUT2D eigenvalue weighted by atomic mass is 16.4. The molecule has 0 heterocycles. The Morgan fingerprint density at radius 1 is 1.00 bits per heavy atom. The molecule has 0 amide bonds. The van der Waals surface area contributed by atoms with Crippen LogP contribution >= 0.6 is 0 Å². The molecule has 1 aliphatic carbocycles. The molecular formula is C16H20O3. The zero-order chi connectivity index (χ0) is 13.7. The lowest BCUT2D eigenvalue weighted by Gasteiger charge is -2.27. The van der Waals surface area contributed by atoms with Crippen LogP contribution in [-0.2, 0) is 9.59 Å². The van der Waals surface area contributed by atoms with Crippen LogP contribution in [0.1, 0.15) is 50.0 Å². The Kier molecular flexibility index (Phi) is 4.72. The van der Waals surface area contributed by atoms with Crippen molar-refractivity contribution in [2.24, 2.45) is 5.92 Å². The Labute approximate surface area is 113 Å². The average Bonchev–Trinajstić information content (AvgIpc) is 2.46. The first kappa shape index (κ1) is 13.8. The van der Waals surface area contributed by atoms with Crippen LogP contribution in [0.25, 0.3) is 0 Å². The lowest BCUT2D eigenvalue weighted by Crippen LogP contribution is -2.21. The smallest absolute Gasteiger partial charge is 0.303 e. The van der Waals surface area contributed by atoms with Gasteiger partial charge in [0.15, 0.2) is 0 Å². The van der Waals surface area contributed by atoms with Gasteiger partial charge >= 0.3 is 5.97 Å². The minimum Gasteiger partial charge on any atom is -0.481 e. The third kappa shape index (κ3) is 3.91. The number of hydrogen-bond acceptors (Lipinski definition) is 2. The molecule has 1 N–H and O–H groups in total. The Bertz CT molecular complexity index is 431. The van der Waals surface area contributed by atoms with E-state index in [0.29, 0.717) is 5.92 Å². The molecule has 0 bridgehead atoms. The van der Waals surface area contributed by atoms with Gasteiger partial charge in [-0.15, -0.1) is 0 Å². The number of carboxylic acids is 1. The summed E-state index contributed by atoms with van der Waals surface area (Å²) in [6.45, 7) is 0. The number of carbonyl (C=O) groups excluding carboxylic acids is 1. The van der Waals surface area contributed by atoms with Crippen LogP contribution in [0, 0.1) is 5.92 Å². The van der Waals surface area contributed by atoms with Gasteiger partial charge in [-0.2, -0.15) is 0 Å². The molecule has 0 radical (unpaired) electrons. The van der Waals surface area contributed by atoms with Crippen molar-refractivity contribution in [1.29, 1.82) is 0 Å². The molecule has 1 saturated carbocycles. The molecule has 1 aromatic carbocycles. The number of benzene rings is 1. The third-order valence-electron chi connectivity index (χ3n) is 4.04. The minimum atomic E-state index is -0.883. The molecule has 19 heavy (non-hydrogen) atoms. The molecule has 0 aromatic heterocycles. The fourth-order valence-corrected chi connectivity index (χ4v) is 2.91. The zero-order valence-electron chi connectivity index (χ0n) is 11.0. The fourth-order valence-electron chi connectivity index (χ4n) is 2.91. The van der Waals surface area contributed by atoms with Crippen molar-refractivity contribution in [2.45, 2.75) is 44.4 Å². The summed E-state index contributed by atoms with van der Waals surface area (Å²) in [6.07, 6.45) is 4.03. The predicted octanol–water partition coefficient (Wildman–Crippen LogP) is 3.39. The monoisotopic (exact) mass is 260 g/mol. The van der Waals surface area contributed by atoms with Crippen molar-refractivity contribution >= 4 is 11.8 Å².